The zero-order valence-corrected chi connectivity index (χ0v) is 25.5. The van der Waals surface area contributed by atoms with Crippen LogP contribution in [0.15, 0.2) is 42.5 Å². The van der Waals surface area contributed by atoms with Gasteiger partial charge < -0.3 is 43.5 Å². The van der Waals surface area contributed by atoms with Gasteiger partial charge in [-0.15, -0.1) is 0 Å². The van der Waals surface area contributed by atoms with Crippen LogP contribution in [0, 0.1) is 0 Å². The van der Waals surface area contributed by atoms with Crippen LogP contribution in [0.25, 0.3) is 0 Å². The summed E-state index contributed by atoms with van der Waals surface area (Å²) in [5.74, 6) is 1.59. The molecule has 0 aliphatic carbocycles. The molecule has 2 aliphatic rings. The predicted octanol–water partition coefficient (Wildman–Crippen LogP) is 3.08. The van der Waals surface area contributed by atoms with Gasteiger partial charge in [-0.3, -0.25) is 4.79 Å². The highest BCUT2D eigenvalue weighted by Crippen LogP contribution is 2.35. The molecule has 0 saturated carbocycles. The van der Waals surface area contributed by atoms with Crippen molar-refractivity contribution in [3.8, 4) is 11.5 Å². The summed E-state index contributed by atoms with van der Waals surface area (Å²) in [6, 6.07) is 14.4. The van der Waals surface area contributed by atoms with Gasteiger partial charge in [0, 0.05) is 73.5 Å². The number of ether oxygens (including phenoxy) is 6. The van der Waals surface area contributed by atoms with E-state index < -0.39 is 0 Å². The van der Waals surface area contributed by atoms with Crippen LogP contribution in [-0.2, 0) is 30.3 Å². The molecule has 2 aliphatic heterocycles. The maximum atomic E-state index is 12.3. The first kappa shape index (κ1) is 32.0. The van der Waals surface area contributed by atoms with Crippen LogP contribution in [0.3, 0.4) is 0 Å². The van der Waals surface area contributed by atoms with Gasteiger partial charge >= 0.3 is 0 Å². The Bertz CT molecular complexity index is 1100. The van der Waals surface area contributed by atoms with E-state index >= 15 is 0 Å². The molecule has 232 valence electrons. The second-order valence-electron chi connectivity index (χ2n) is 10.9. The maximum absolute atomic E-state index is 12.3. The number of amides is 1. The fraction of sp³-hybridized carbons (Fsp3) is 0.594. The van der Waals surface area contributed by atoms with Crippen molar-refractivity contribution in [2.45, 2.75) is 37.6 Å². The molecular formula is C32H47N3O7. The van der Waals surface area contributed by atoms with Crippen LogP contribution in [0.5, 0.6) is 11.5 Å². The normalized spacial score (nSPS) is 20.1. The van der Waals surface area contributed by atoms with E-state index in [1.54, 1.807) is 33.2 Å². The van der Waals surface area contributed by atoms with Crippen molar-refractivity contribution in [3.63, 3.8) is 0 Å². The molecule has 1 amide bonds. The lowest BCUT2D eigenvalue weighted by Gasteiger charge is -2.39. The van der Waals surface area contributed by atoms with E-state index in [4.69, 9.17) is 28.4 Å². The van der Waals surface area contributed by atoms with Crippen LogP contribution < -0.4 is 19.7 Å². The van der Waals surface area contributed by atoms with Crippen molar-refractivity contribution in [2.75, 3.05) is 92.4 Å². The fourth-order valence-corrected chi connectivity index (χ4v) is 5.35. The monoisotopic (exact) mass is 585 g/mol. The molecule has 10 nitrogen and oxygen atoms in total. The topological polar surface area (TPSA) is 91.0 Å². The molecule has 42 heavy (non-hydrogen) atoms. The third kappa shape index (κ3) is 9.05. The third-order valence-electron chi connectivity index (χ3n) is 7.66. The van der Waals surface area contributed by atoms with E-state index in [1.165, 1.54) is 0 Å². The molecule has 10 heteroatoms. The van der Waals surface area contributed by atoms with Crippen LogP contribution in [0.2, 0.25) is 0 Å². The first-order chi connectivity index (χ1) is 20.5. The molecule has 4 rings (SSSR count). The van der Waals surface area contributed by atoms with E-state index in [0.29, 0.717) is 39.5 Å². The van der Waals surface area contributed by atoms with Crippen LogP contribution >= 0.6 is 0 Å². The average Bonchev–Trinajstić information content (AvgIpc) is 3.01. The summed E-state index contributed by atoms with van der Waals surface area (Å²) in [7, 11) is 6.90. The van der Waals surface area contributed by atoms with Gasteiger partial charge in [-0.2, -0.15) is 0 Å². The molecule has 1 fully saturated rings. The number of rotatable bonds is 16. The van der Waals surface area contributed by atoms with Gasteiger partial charge in [0.2, 0.25) is 5.91 Å². The quantitative estimate of drug-likeness (QED) is 0.299. The molecule has 2 aromatic carbocycles. The first-order valence-corrected chi connectivity index (χ1v) is 14.9. The minimum Gasteiger partial charge on any atom is -0.494 e. The summed E-state index contributed by atoms with van der Waals surface area (Å²) in [4.78, 5) is 16.2. The highest BCUT2D eigenvalue weighted by Gasteiger charge is 2.36. The van der Waals surface area contributed by atoms with Gasteiger partial charge in [0.1, 0.15) is 24.7 Å². The average molecular weight is 586 g/mol. The van der Waals surface area contributed by atoms with Crippen molar-refractivity contribution in [3.05, 3.63) is 53.6 Å². The number of nitrogens with zero attached hydrogens (tertiary/aromatic N) is 2. The number of hydrogen-bond donors (Lipinski definition) is 1. The number of hydrogen-bond acceptors (Lipinski definition) is 9. The van der Waals surface area contributed by atoms with Crippen LogP contribution in [0.4, 0.5) is 5.69 Å². The first-order valence-electron chi connectivity index (χ1n) is 14.9. The number of benzene rings is 2. The molecule has 0 radical (unpaired) electrons. The van der Waals surface area contributed by atoms with Gasteiger partial charge in [0.05, 0.1) is 37.7 Å². The van der Waals surface area contributed by atoms with Gasteiger partial charge in [0.15, 0.2) is 0 Å². The molecule has 0 bridgehead atoms. The Kier molecular flexibility index (Phi) is 12.7. The standard InChI is InChI=1S/C32H47N3O7/c1-34(2)31(36)23-42-30-21-33-20-29(32(30)25-8-10-26(11-9-25)39-17-6-16-38-4)41-22-24-7-12-28-27(19-24)35(14-18-40-28)13-5-15-37-3/h7-12,19,29-30,32-33H,5-6,13-18,20-23H2,1-4H3/t29-,30?,32?/m0/s1. The molecule has 2 unspecified atom stereocenters. The Labute approximate surface area is 250 Å². The minimum absolute atomic E-state index is 0.0208. The molecule has 0 aromatic heterocycles. The van der Waals surface area contributed by atoms with Crippen molar-refractivity contribution in [2.24, 2.45) is 0 Å². The predicted molar refractivity (Wildman–Crippen MR) is 162 cm³/mol. The highest BCUT2D eigenvalue weighted by molar-refractivity contribution is 5.76. The number of anilines is 1. The van der Waals surface area contributed by atoms with Crippen molar-refractivity contribution in [1.29, 1.82) is 0 Å². The third-order valence-corrected chi connectivity index (χ3v) is 7.66. The Morgan fingerprint density at radius 1 is 0.976 bits per heavy atom. The zero-order chi connectivity index (χ0) is 29.7. The van der Waals surface area contributed by atoms with Crippen molar-refractivity contribution < 1.29 is 33.2 Å². The Hall–Kier alpha value is -2.89. The smallest absolute Gasteiger partial charge is 0.248 e. The molecule has 2 heterocycles. The molecule has 3 atom stereocenters. The number of piperidine rings is 1. The number of carbonyl (C=O) groups is 1. The Morgan fingerprint density at radius 3 is 2.45 bits per heavy atom. The number of nitrogens with one attached hydrogen (secondary N) is 1. The molecule has 1 N–H and O–H groups in total. The van der Waals surface area contributed by atoms with Crippen molar-refractivity contribution in [1.82, 2.24) is 10.2 Å². The van der Waals surface area contributed by atoms with Crippen molar-refractivity contribution >= 4 is 11.6 Å². The number of methoxy groups -OCH3 is 2. The second kappa shape index (κ2) is 16.7. The van der Waals surface area contributed by atoms with Gasteiger partial charge in [0.25, 0.3) is 0 Å². The molecule has 2 aromatic rings. The van der Waals surface area contributed by atoms with E-state index in [1.807, 2.05) is 18.2 Å². The lowest BCUT2D eigenvalue weighted by atomic mass is 9.85. The second-order valence-corrected chi connectivity index (χ2v) is 10.9. The lowest BCUT2D eigenvalue weighted by Crippen LogP contribution is -2.51. The highest BCUT2D eigenvalue weighted by atomic mass is 16.5. The van der Waals surface area contributed by atoms with Gasteiger partial charge in [-0.1, -0.05) is 18.2 Å². The zero-order valence-electron chi connectivity index (χ0n) is 25.5. The Morgan fingerprint density at radius 2 is 1.71 bits per heavy atom. The Balaban J connectivity index is 1.47. The molecule has 1 saturated heterocycles. The molecule has 0 spiro atoms. The summed E-state index contributed by atoms with van der Waals surface area (Å²) in [6.45, 7) is 6.23. The van der Waals surface area contributed by atoms with Crippen LogP contribution in [0.1, 0.15) is 29.9 Å². The fourth-order valence-electron chi connectivity index (χ4n) is 5.35. The summed E-state index contributed by atoms with van der Waals surface area (Å²) in [6.07, 6.45) is 1.41. The van der Waals surface area contributed by atoms with Crippen LogP contribution in [-0.4, -0.2) is 111 Å². The summed E-state index contributed by atoms with van der Waals surface area (Å²) in [5.41, 5.74) is 3.28. The van der Waals surface area contributed by atoms with Gasteiger partial charge in [-0.05, 0) is 41.8 Å². The van der Waals surface area contributed by atoms with Gasteiger partial charge in [-0.25, -0.2) is 0 Å². The van der Waals surface area contributed by atoms with E-state index in [0.717, 1.165) is 60.9 Å². The summed E-state index contributed by atoms with van der Waals surface area (Å²) >= 11 is 0. The summed E-state index contributed by atoms with van der Waals surface area (Å²) in [5, 5.41) is 3.46. The SMILES string of the molecule is COCCCOc1ccc(C2C(OCC(=O)N(C)C)CNC[C@@H]2OCc2ccc3c(c2)N(CCCOC)CCO3)cc1. The number of carbonyl (C=O) groups excluding carboxylic acids is 1. The number of fused-ring (bicyclic) bond motifs is 1. The van der Waals surface area contributed by atoms with E-state index in [9.17, 15) is 4.79 Å². The van der Waals surface area contributed by atoms with E-state index in [2.05, 4.69) is 34.5 Å². The summed E-state index contributed by atoms with van der Waals surface area (Å²) < 4.78 is 35.0. The maximum Gasteiger partial charge on any atom is 0.248 e. The lowest BCUT2D eigenvalue weighted by molar-refractivity contribution is -0.138. The minimum atomic E-state index is -0.227. The largest absolute Gasteiger partial charge is 0.494 e. The molecular weight excluding hydrogens is 538 g/mol. The van der Waals surface area contributed by atoms with E-state index in [-0.39, 0.29) is 30.6 Å². The number of likely N-dealkylation sites (N-methyl/N-ethyl adjacent to an activating group) is 1.